The molecule has 1 aromatic rings. The average molecular weight is 244 g/mol. The van der Waals surface area contributed by atoms with Gasteiger partial charge in [0.2, 0.25) is 0 Å². The lowest BCUT2D eigenvalue weighted by Crippen LogP contribution is -2.36. The SMILES string of the molecule is COc1cccc([C@@]23CCC=C[C@@H]2OC(=O)C3)c1. The predicted molar refractivity (Wildman–Crippen MR) is 67.5 cm³/mol. The molecule has 1 saturated heterocycles. The van der Waals surface area contributed by atoms with Crippen LogP contribution in [0.4, 0.5) is 0 Å². The van der Waals surface area contributed by atoms with E-state index in [1.54, 1.807) is 7.11 Å². The number of allylic oxidation sites excluding steroid dienone is 1. The third kappa shape index (κ3) is 1.62. The molecule has 1 aliphatic carbocycles. The second-order valence-corrected chi connectivity index (χ2v) is 4.94. The van der Waals surface area contributed by atoms with E-state index >= 15 is 0 Å². The van der Waals surface area contributed by atoms with Crippen molar-refractivity contribution in [3.63, 3.8) is 0 Å². The van der Waals surface area contributed by atoms with E-state index in [0.29, 0.717) is 6.42 Å². The third-order valence-corrected chi connectivity index (χ3v) is 3.98. The molecule has 0 unspecified atom stereocenters. The van der Waals surface area contributed by atoms with E-state index in [-0.39, 0.29) is 17.5 Å². The maximum Gasteiger partial charge on any atom is 0.307 e. The molecule has 18 heavy (non-hydrogen) atoms. The molecule has 0 N–H and O–H groups in total. The topological polar surface area (TPSA) is 35.5 Å². The van der Waals surface area contributed by atoms with Gasteiger partial charge in [-0.3, -0.25) is 4.79 Å². The van der Waals surface area contributed by atoms with Crippen LogP contribution in [0, 0.1) is 0 Å². The van der Waals surface area contributed by atoms with E-state index in [1.165, 1.54) is 0 Å². The number of methoxy groups -OCH3 is 1. The number of carbonyl (C=O) groups excluding carboxylic acids is 1. The third-order valence-electron chi connectivity index (χ3n) is 3.98. The maximum atomic E-state index is 11.7. The van der Waals surface area contributed by atoms with Crippen molar-refractivity contribution in [3.05, 3.63) is 42.0 Å². The van der Waals surface area contributed by atoms with Crippen LogP contribution in [0.25, 0.3) is 0 Å². The quantitative estimate of drug-likeness (QED) is 0.592. The number of fused-ring (bicyclic) bond motifs is 1. The van der Waals surface area contributed by atoms with Gasteiger partial charge in [0.1, 0.15) is 11.9 Å². The molecule has 3 rings (SSSR count). The van der Waals surface area contributed by atoms with Gasteiger partial charge in [0.25, 0.3) is 0 Å². The summed E-state index contributed by atoms with van der Waals surface area (Å²) in [6.45, 7) is 0. The zero-order valence-electron chi connectivity index (χ0n) is 10.4. The monoisotopic (exact) mass is 244 g/mol. The molecule has 0 spiro atoms. The molecule has 0 amide bonds. The maximum absolute atomic E-state index is 11.7. The van der Waals surface area contributed by atoms with Crippen LogP contribution in [-0.4, -0.2) is 19.2 Å². The fraction of sp³-hybridized carbons (Fsp3) is 0.400. The van der Waals surface area contributed by atoms with Gasteiger partial charge >= 0.3 is 5.97 Å². The summed E-state index contributed by atoms with van der Waals surface area (Å²) in [5, 5.41) is 0. The van der Waals surface area contributed by atoms with Crippen LogP contribution in [-0.2, 0) is 14.9 Å². The first kappa shape index (κ1) is 11.3. The lowest BCUT2D eigenvalue weighted by atomic mass is 9.69. The molecule has 2 aliphatic rings. The smallest absolute Gasteiger partial charge is 0.307 e. The Labute approximate surface area is 106 Å². The Balaban J connectivity index is 2.06. The van der Waals surface area contributed by atoms with E-state index in [2.05, 4.69) is 12.1 Å². The zero-order chi connectivity index (χ0) is 12.6. The van der Waals surface area contributed by atoms with E-state index in [4.69, 9.17) is 9.47 Å². The minimum Gasteiger partial charge on any atom is -0.497 e. The first-order valence-electron chi connectivity index (χ1n) is 6.25. The Hall–Kier alpha value is -1.77. The van der Waals surface area contributed by atoms with Gasteiger partial charge in [0, 0.05) is 5.41 Å². The first-order chi connectivity index (χ1) is 8.74. The van der Waals surface area contributed by atoms with Gasteiger partial charge < -0.3 is 9.47 Å². The summed E-state index contributed by atoms with van der Waals surface area (Å²) in [4.78, 5) is 11.7. The highest BCUT2D eigenvalue weighted by Gasteiger charge is 2.49. The average Bonchev–Trinajstić information content (AvgIpc) is 2.76. The number of benzene rings is 1. The van der Waals surface area contributed by atoms with Crippen molar-refractivity contribution in [2.75, 3.05) is 7.11 Å². The summed E-state index contributed by atoms with van der Waals surface area (Å²) in [6.07, 6.45) is 6.41. The van der Waals surface area contributed by atoms with Crippen molar-refractivity contribution in [2.45, 2.75) is 30.8 Å². The highest BCUT2D eigenvalue weighted by Crippen LogP contribution is 2.46. The fourth-order valence-electron chi connectivity index (χ4n) is 3.01. The molecule has 1 aliphatic heterocycles. The van der Waals surface area contributed by atoms with Gasteiger partial charge in [0.15, 0.2) is 0 Å². The first-order valence-corrected chi connectivity index (χ1v) is 6.25. The van der Waals surface area contributed by atoms with Crippen LogP contribution < -0.4 is 4.74 Å². The standard InChI is InChI=1S/C15H16O3/c1-17-12-6-4-5-11(9-12)15-8-3-2-7-13(15)18-14(16)10-15/h2,4-7,9,13H,3,8,10H2,1H3/t13-,15-/m0/s1. The highest BCUT2D eigenvalue weighted by molar-refractivity contribution is 5.75. The molecule has 0 bridgehead atoms. The number of carbonyl (C=O) groups is 1. The molecule has 2 atom stereocenters. The second kappa shape index (κ2) is 4.16. The van der Waals surface area contributed by atoms with Crippen LogP contribution in [0.3, 0.4) is 0 Å². The molecular weight excluding hydrogens is 228 g/mol. The Kier molecular flexibility index (Phi) is 2.62. The Morgan fingerprint density at radius 1 is 1.44 bits per heavy atom. The Morgan fingerprint density at radius 3 is 3.17 bits per heavy atom. The van der Waals surface area contributed by atoms with E-state index in [0.717, 1.165) is 24.2 Å². The number of rotatable bonds is 2. The molecular formula is C15H16O3. The highest BCUT2D eigenvalue weighted by atomic mass is 16.6. The molecule has 1 aromatic carbocycles. The van der Waals surface area contributed by atoms with E-state index in [9.17, 15) is 4.79 Å². The molecule has 0 saturated carbocycles. The number of hydrogen-bond acceptors (Lipinski definition) is 3. The minimum absolute atomic E-state index is 0.102. The molecule has 3 nitrogen and oxygen atoms in total. The van der Waals surface area contributed by atoms with Gasteiger partial charge in [0.05, 0.1) is 13.5 Å². The van der Waals surface area contributed by atoms with Gasteiger partial charge in [-0.1, -0.05) is 18.2 Å². The van der Waals surface area contributed by atoms with Crippen molar-refractivity contribution in [1.82, 2.24) is 0 Å². The van der Waals surface area contributed by atoms with E-state index < -0.39 is 0 Å². The Morgan fingerprint density at radius 2 is 2.33 bits per heavy atom. The van der Waals surface area contributed by atoms with Crippen LogP contribution >= 0.6 is 0 Å². The number of esters is 1. The van der Waals surface area contributed by atoms with Crippen molar-refractivity contribution >= 4 is 5.97 Å². The van der Waals surface area contributed by atoms with Crippen molar-refractivity contribution < 1.29 is 14.3 Å². The number of hydrogen-bond donors (Lipinski definition) is 0. The number of ether oxygens (including phenoxy) is 2. The molecule has 94 valence electrons. The van der Waals surface area contributed by atoms with E-state index in [1.807, 2.05) is 24.3 Å². The van der Waals surface area contributed by atoms with Crippen LogP contribution in [0.15, 0.2) is 36.4 Å². The van der Waals surface area contributed by atoms with Crippen LogP contribution in [0.2, 0.25) is 0 Å². The molecule has 1 fully saturated rings. The van der Waals surface area contributed by atoms with Crippen molar-refractivity contribution in [3.8, 4) is 5.75 Å². The molecule has 1 heterocycles. The summed E-state index contributed by atoms with van der Waals surface area (Å²) in [6, 6.07) is 7.98. The molecule has 0 radical (unpaired) electrons. The summed E-state index contributed by atoms with van der Waals surface area (Å²) < 4.78 is 10.7. The van der Waals surface area contributed by atoms with Crippen LogP contribution in [0.1, 0.15) is 24.8 Å². The lowest BCUT2D eigenvalue weighted by molar-refractivity contribution is -0.140. The second-order valence-electron chi connectivity index (χ2n) is 4.94. The summed E-state index contributed by atoms with van der Waals surface area (Å²) in [7, 11) is 1.66. The summed E-state index contributed by atoms with van der Waals surface area (Å²) in [5.41, 5.74) is 0.947. The zero-order valence-corrected chi connectivity index (χ0v) is 10.4. The predicted octanol–water partition coefficient (Wildman–Crippen LogP) is 2.60. The van der Waals surface area contributed by atoms with Crippen LogP contribution in [0.5, 0.6) is 5.75 Å². The summed E-state index contributed by atoms with van der Waals surface area (Å²) >= 11 is 0. The van der Waals surface area contributed by atoms with Crippen molar-refractivity contribution in [1.29, 1.82) is 0 Å². The van der Waals surface area contributed by atoms with Gasteiger partial charge in [-0.05, 0) is 36.6 Å². The Bertz CT molecular complexity index is 506. The minimum atomic E-state index is -0.194. The lowest BCUT2D eigenvalue weighted by Gasteiger charge is -2.34. The summed E-state index contributed by atoms with van der Waals surface area (Å²) in [5.74, 6) is 0.726. The molecule has 0 aromatic heterocycles. The fourth-order valence-corrected chi connectivity index (χ4v) is 3.01. The molecule has 3 heteroatoms. The van der Waals surface area contributed by atoms with Gasteiger partial charge in [-0.15, -0.1) is 0 Å². The normalized spacial score (nSPS) is 29.8. The van der Waals surface area contributed by atoms with Gasteiger partial charge in [-0.2, -0.15) is 0 Å². The largest absolute Gasteiger partial charge is 0.497 e. The van der Waals surface area contributed by atoms with Crippen molar-refractivity contribution in [2.24, 2.45) is 0 Å². The van der Waals surface area contributed by atoms with Gasteiger partial charge in [-0.25, -0.2) is 0 Å².